The molecule has 0 radical (unpaired) electrons. The Balaban J connectivity index is 2.10. The van der Waals surface area contributed by atoms with E-state index in [2.05, 4.69) is 18.4 Å². The average Bonchev–Trinajstić information content (AvgIpc) is 2.61. The molecule has 1 heterocycles. The summed E-state index contributed by atoms with van der Waals surface area (Å²) in [6, 6.07) is 0.711. The summed E-state index contributed by atoms with van der Waals surface area (Å²) in [6.45, 7) is 3.31. The molecule has 0 aromatic heterocycles. The highest BCUT2D eigenvalue weighted by molar-refractivity contribution is 7.44. The largest absolute Gasteiger partial charge is 0.327 e. The summed E-state index contributed by atoms with van der Waals surface area (Å²) in [5.41, 5.74) is 0.432. The van der Waals surface area contributed by atoms with Gasteiger partial charge in [-0.1, -0.05) is 26.7 Å². The first-order valence-electron chi connectivity index (χ1n) is 6.18. The van der Waals surface area contributed by atoms with Crippen LogP contribution in [0.4, 0.5) is 0 Å². The molecular weight excluding hydrogens is 245 g/mol. The Kier molecular flexibility index (Phi) is 3.71. The van der Waals surface area contributed by atoms with Crippen LogP contribution < -0.4 is 0 Å². The summed E-state index contributed by atoms with van der Waals surface area (Å²) in [5.74, 6) is 0.891. The fraction of sp³-hybridized carbons (Fsp3) is 1.00. The molecule has 2 fully saturated rings. The molecule has 1 nitrogen and oxygen atoms in total. The average molecular weight is 266 g/mol. The van der Waals surface area contributed by atoms with E-state index in [0.29, 0.717) is 11.6 Å². The van der Waals surface area contributed by atoms with Gasteiger partial charge in [-0.3, -0.25) is 4.57 Å². The molecule has 0 N–H and O–H groups in total. The fourth-order valence-corrected chi connectivity index (χ4v) is 6.24. The summed E-state index contributed by atoms with van der Waals surface area (Å²) in [6.07, 6.45) is 6.83. The van der Waals surface area contributed by atoms with Gasteiger partial charge in [0.2, 0.25) is 0 Å². The minimum absolute atomic E-state index is 0.432. The van der Waals surface area contributed by atoms with Crippen LogP contribution in [0.2, 0.25) is 5.54 Å². The molecule has 2 rings (SSSR count). The van der Waals surface area contributed by atoms with Crippen LogP contribution in [0.3, 0.4) is 0 Å². The molecular formula is C11H21Cl2NSi. The number of fused-ring (bicyclic) bond motifs is 1. The lowest BCUT2D eigenvalue weighted by Gasteiger charge is -2.39. The summed E-state index contributed by atoms with van der Waals surface area (Å²) >= 11 is 13.3. The van der Waals surface area contributed by atoms with Gasteiger partial charge >= 0.3 is 6.86 Å². The van der Waals surface area contributed by atoms with Gasteiger partial charge in [0.05, 0.1) is 0 Å². The monoisotopic (exact) mass is 265 g/mol. The number of rotatable bonds is 2. The highest BCUT2D eigenvalue weighted by Gasteiger charge is 2.49. The van der Waals surface area contributed by atoms with E-state index in [-0.39, 0.29) is 0 Å². The molecule has 0 aromatic carbocycles. The van der Waals surface area contributed by atoms with Gasteiger partial charge in [-0.05, 0) is 37.3 Å². The lowest BCUT2D eigenvalue weighted by Crippen LogP contribution is -2.51. The molecule has 88 valence electrons. The third kappa shape index (κ3) is 2.24. The van der Waals surface area contributed by atoms with E-state index in [1.54, 1.807) is 0 Å². The van der Waals surface area contributed by atoms with Gasteiger partial charge in [0, 0.05) is 6.04 Å². The van der Waals surface area contributed by atoms with Gasteiger partial charge in [0.15, 0.2) is 0 Å². The van der Waals surface area contributed by atoms with E-state index in [4.69, 9.17) is 22.2 Å². The van der Waals surface area contributed by atoms with Crippen molar-refractivity contribution in [1.82, 2.24) is 4.57 Å². The zero-order valence-electron chi connectivity index (χ0n) is 9.68. The Morgan fingerprint density at radius 2 is 1.80 bits per heavy atom. The van der Waals surface area contributed by atoms with Crippen molar-refractivity contribution in [2.45, 2.75) is 57.5 Å². The van der Waals surface area contributed by atoms with E-state index in [9.17, 15) is 0 Å². The molecule has 0 spiro atoms. The number of hydrogen-bond donors (Lipinski definition) is 0. The predicted octanol–water partition coefficient (Wildman–Crippen LogP) is 4.08. The zero-order valence-corrected chi connectivity index (χ0v) is 12.2. The molecule has 1 aliphatic carbocycles. The number of nitrogens with zero attached hydrogens (tertiary/aromatic N) is 1. The van der Waals surface area contributed by atoms with Crippen LogP contribution in [-0.2, 0) is 0 Å². The third-order valence-electron chi connectivity index (χ3n) is 4.09. The van der Waals surface area contributed by atoms with Gasteiger partial charge in [0.1, 0.15) is 0 Å². The van der Waals surface area contributed by atoms with E-state index >= 15 is 0 Å². The van der Waals surface area contributed by atoms with Crippen LogP contribution in [0.15, 0.2) is 0 Å². The SMILES string of the molecule is CC(C)[Si](Cl)(Cl)N1CCC2CCCCC21. The highest BCUT2D eigenvalue weighted by Crippen LogP contribution is 2.44. The summed E-state index contributed by atoms with van der Waals surface area (Å²) in [5, 5.41) is 0. The van der Waals surface area contributed by atoms with Gasteiger partial charge in [-0.25, -0.2) is 0 Å². The maximum absolute atomic E-state index is 6.63. The molecule has 0 amide bonds. The van der Waals surface area contributed by atoms with Crippen LogP contribution in [-0.4, -0.2) is 24.0 Å². The maximum atomic E-state index is 6.63. The molecule has 2 unspecified atom stereocenters. The second-order valence-corrected chi connectivity index (χ2v) is 12.3. The first kappa shape index (κ1) is 12.2. The third-order valence-corrected chi connectivity index (χ3v) is 10.7. The summed E-state index contributed by atoms with van der Waals surface area (Å²) in [7, 11) is 0. The van der Waals surface area contributed by atoms with Crippen LogP contribution >= 0.6 is 22.2 Å². The predicted molar refractivity (Wildman–Crippen MR) is 69.6 cm³/mol. The Morgan fingerprint density at radius 1 is 1.13 bits per heavy atom. The van der Waals surface area contributed by atoms with Crippen molar-refractivity contribution >= 4 is 29.0 Å². The van der Waals surface area contributed by atoms with E-state index in [1.807, 2.05) is 0 Å². The number of hydrogen-bond acceptors (Lipinski definition) is 1. The van der Waals surface area contributed by atoms with Gasteiger partial charge < -0.3 is 0 Å². The lowest BCUT2D eigenvalue weighted by molar-refractivity contribution is 0.258. The van der Waals surface area contributed by atoms with E-state index in [1.165, 1.54) is 32.1 Å². The van der Waals surface area contributed by atoms with E-state index < -0.39 is 6.86 Å². The minimum Gasteiger partial charge on any atom is -0.297 e. The second kappa shape index (κ2) is 4.56. The quantitative estimate of drug-likeness (QED) is 0.538. The molecule has 2 aliphatic rings. The minimum atomic E-state index is -2.18. The van der Waals surface area contributed by atoms with Crippen molar-refractivity contribution in [2.24, 2.45) is 5.92 Å². The highest BCUT2D eigenvalue weighted by atomic mass is 35.7. The molecule has 1 saturated carbocycles. The zero-order chi connectivity index (χ0) is 11.1. The normalized spacial score (nSPS) is 33.4. The van der Waals surface area contributed by atoms with Crippen molar-refractivity contribution in [3.05, 3.63) is 0 Å². The van der Waals surface area contributed by atoms with Gasteiger partial charge in [-0.15, -0.1) is 22.2 Å². The van der Waals surface area contributed by atoms with Crippen molar-refractivity contribution < 1.29 is 0 Å². The van der Waals surface area contributed by atoms with Crippen LogP contribution in [0.5, 0.6) is 0 Å². The first-order chi connectivity index (χ1) is 7.03. The second-order valence-electron chi connectivity index (χ2n) is 5.34. The van der Waals surface area contributed by atoms with Crippen molar-refractivity contribution in [3.63, 3.8) is 0 Å². The first-order valence-corrected chi connectivity index (χ1v) is 10.2. The smallest absolute Gasteiger partial charge is 0.297 e. The fourth-order valence-electron chi connectivity index (χ4n) is 3.11. The maximum Gasteiger partial charge on any atom is 0.327 e. The van der Waals surface area contributed by atoms with Crippen molar-refractivity contribution in [3.8, 4) is 0 Å². The Bertz CT molecular complexity index is 233. The summed E-state index contributed by atoms with van der Waals surface area (Å²) < 4.78 is 2.49. The molecule has 0 bridgehead atoms. The van der Waals surface area contributed by atoms with Gasteiger partial charge in [-0.2, -0.15) is 0 Å². The molecule has 0 aromatic rings. The Morgan fingerprint density at radius 3 is 2.47 bits per heavy atom. The Hall–Kier alpha value is 0.757. The summed E-state index contributed by atoms with van der Waals surface area (Å²) in [4.78, 5) is 0. The van der Waals surface area contributed by atoms with Gasteiger partial charge in [0.25, 0.3) is 0 Å². The van der Waals surface area contributed by atoms with Crippen molar-refractivity contribution in [1.29, 1.82) is 0 Å². The Labute approximate surface area is 104 Å². The topological polar surface area (TPSA) is 3.24 Å². The molecule has 15 heavy (non-hydrogen) atoms. The standard InChI is InChI=1S/C11H21Cl2NSi/c1-9(2)15(12,13)14-8-7-10-5-3-4-6-11(10)14/h9-11H,3-8H2,1-2H3. The molecule has 1 aliphatic heterocycles. The van der Waals surface area contributed by atoms with Crippen LogP contribution in [0.25, 0.3) is 0 Å². The van der Waals surface area contributed by atoms with Crippen molar-refractivity contribution in [2.75, 3.05) is 6.54 Å². The molecule has 1 saturated heterocycles. The number of halogens is 2. The van der Waals surface area contributed by atoms with Crippen LogP contribution in [0, 0.1) is 5.92 Å². The molecule has 4 heteroatoms. The molecule has 2 atom stereocenters. The lowest BCUT2D eigenvalue weighted by atomic mass is 9.86. The van der Waals surface area contributed by atoms with Crippen LogP contribution in [0.1, 0.15) is 46.0 Å². The van der Waals surface area contributed by atoms with E-state index in [0.717, 1.165) is 12.5 Å².